The first kappa shape index (κ1) is 12.3. The van der Waals surface area contributed by atoms with E-state index in [0.717, 1.165) is 23.3 Å². The van der Waals surface area contributed by atoms with Gasteiger partial charge in [-0.25, -0.2) is 9.97 Å². The Morgan fingerprint density at radius 2 is 2.00 bits per heavy atom. The van der Waals surface area contributed by atoms with Crippen LogP contribution in [0.2, 0.25) is 0 Å². The van der Waals surface area contributed by atoms with Gasteiger partial charge in [0.05, 0.1) is 0 Å². The maximum atomic E-state index is 4.32. The van der Waals surface area contributed by atoms with Gasteiger partial charge in [-0.15, -0.1) is 0 Å². The first-order valence-corrected chi connectivity index (χ1v) is 6.66. The van der Waals surface area contributed by atoms with E-state index in [1.807, 2.05) is 0 Å². The Morgan fingerprint density at radius 3 is 2.59 bits per heavy atom. The molecule has 0 radical (unpaired) electrons. The normalized spacial score (nSPS) is 28.6. The van der Waals surface area contributed by atoms with Gasteiger partial charge in [-0.3, -0.25) is 0 Å². The van der Waals surface area contributed by atoms with E-state index in [4.69, 9.17) is 0 Å². The van der Waals surface area contributed by atoms with Crippen LogP contribution in [0.4, 0.5) is 5.82 Å². The molecule has 1 heterocycles. The van der Waals surface area contributed by atoms with Crippen molar-refractivity contribution in [3.8, 4) is 0 Å². The highest BCUT2D eigenvalue weighted by molar-refractivity contribution is 5.37. The van der Waals surface area contributed by atoms with Crippen molar-refractivity contribution in [3.05, 3.63) is 18.1 Å². The Hall–Kier alpha value is -1.12. The van der Waals surface area contributed by atoms with Crippen molar-refractivity contribution in [1.29, 1.82) is 0 Å². The smallest absolute Gasteiger partial charge is 0.129 e. The molecule has 2 rings (SSSR count). The molecule has 0 bridgehead atoms. The molecule has 1 saturated carbocycles. The number of nitrogens with zero attached hydrogens (tertiary/aromatic N) is 2. The van der Waals surface area contributed by atoms with Crippen LogP contribution in [-0.2, 0) is 0 Å². The van der Waals surface area contributed by atoms with Crippen LogP contribution in [0.15, 0.2) is 12.4 Å². The predicted molar refractivity (Wildman–Crippen MR) is 71.1 cm³/mol. The van der Waals surface area contributed by atoms with Gasteiger partial charge in [-0.1, -0.05) is 27.7 Å². The topological polar surface area (TPSA) is 37.8 Å². The van der Waals surface area contributed by atoms with Crippen molar-refractivity contribution in [2.24, 2.45) is 11.8 Å². The van der Waals surface area contributed by atoms with E-state index < -0.39 is 0 Å². The molecule has 3 heteroatoms. The highest BCUT2D eigenvalue weighted by Gasteiger charge is 2.29. The summed E-state index contributed by atoms with van der Waals surface area (Å²) in [5, 5.41) is 3.57. The van der Waals surface area contributed by atoms with Crippen LogP contribution in [-0.4, -0.2) is 16.0 Å². The lowest BCUT2D eigenvalue weighted by molar-refractivity contribution is 0.435. The minimum absolute atomic E-state index is 0.457. The Labute approximate surface area is 104 Å². The van der Waals surface area contributed by atoms with Crippen molar-refractivity contribution < 1.29 is 0 Å². The van der Waals surface area contributed by atoms with E-state index in [1.54, 1.807) is 6.33 Å². The van der Waals surface area contributed by atoms with Gasteiger partial charge < -0.3 is 5.32 Å². The van der Waals surface area contributed by atoms with E-state index in [2.05, 4.69) is 49.0 Å². The SMILES string of the molecule is CC(C)c1cc(NC2CCC(C)C2C)ncn1. The lowest BCUT2D eigenvalue weighted by Gasteiger charge is -2.20. The first-order chi connectivity index (χ1) is 8.08. The maximum Gasteiger partial charge on any atom is 0.129 e. The Kier molecular flexibility index (Phi) is 3.65. The molecule has 0 amide bonds. The molecule has 1 aliphatic carbocycles. The fourth-order valence-electron chi connectivity index (χ4n) is 2.53. The zero-order valence-electron chi connectivity index (χ0n) is 11.3. The van der Waals surface area contributed by atoms with Crippen LogP contribution < -0.4 is 5.32 Å². The largest absolute Gasteiger partial charge is 0.367 e. The number of anilines is 1. The van der Waals surface area contributed by atoms with Crippen molar-refractivity contribution in [3.63, 3.8) is 0 Å². The molecule has 0 aliphatic heterocycles. The summed E-state index contributed by atoms with van der Waals surface area (Å²) in [6, 6.07) is 2.65. The van der Waals surface area contributed by atoms with Crippen molar-refractivity contribution >= 4 is 5.82 Å². The van der Waals surface area contributed by atoms with Crippen molar-refractivity contribution in [1.82, 2.24) is 9.97 Å². The molecule has 1 aromatic rings. The number of rotatable bonds is 3. The molecule has 0 spiro atoms. The third-order valence-corrected chi connectivity index (χ3v) is 4.08. The molecule has 1 fully saturated rings. The molecule has 17 heavy (non-hydrogen) atoms. The van der Waals surface area contributed by atoms with Gasteiger partial charge in [0.25, 0.3) is 0 Å². The highest BCUT2D eigenvalue weighted by atomic mass is 15.0. The summed E-state index contributed by atoms with van der Waals surface area (Å²) in [6.45, 7) is 8.99. The van der Waals surface area contributed by atoms with E-state index in [-0.39, 0.29) is 0 Å². The van der Waals surface area contributed by atoms with Gasteiger partial charge in [-0.2, -0.15) is 0 Å². The molecule has 0 saturated heterocycles. The minimum Gasteiger partial charge on any atom is -0.367 e. The van der Waals surface area contributed by atoms with Crippen molar-refractivity contribution in [2.75, 3.05) is 5.32 Å². The summed E-state index contributed by atoms with van der Waals surface area (Å²) >= 11 is 0. The van der Waals surface area contributed by atoms with Gasteiger partial charge in [0, 0.05) is 17.8 Å². The second-order valence-electron chi connectivity index (χ2n) is 5.65. The Balaban J connectivity index is 2.06. The van der Waals surface area contributed by atoms with Crippen molar-refractivity contribution in [2.45, 2.75) is 52.5 Å². The van der Waals surface area contributed by atoms with Crippen LogP contribution in [0.1, 0.15) is 52.1 Å². The predicted octanol–water partition coefficient (Wildman–Crippen LogP) is 3.45. The van der Waals surface area contributed by atoms with Gasteiger partial charge in [0.1, 0.15) is 12.1 Å². The first-order valence-electron chi connectivity index (χ1n) is 6.66. The third-order valence-electron chi connectivity index (χ3n) is 4.08. The monoisotopic (exact) mass is 233 g/mol. The van der Waals surface area contributed by atoms with E-state index in [9.17, 15) is 0 Å². The summed E-state index contributed by atoms with van der Waals surface area (Å²) in [7, 11) is 0. The van der Waals surface area contributed by atoms with Gasteiger partial charge in [-0.05, 0) is 30.6 Å². The minimum atomic E-state index is 0.457. The molecule has 94 valence electrons. The zero-order chi connectivity index (χ0) is 12.4. The fourth-order valence-corrected chi connectivity index (χ4v) is 2.53. The zero-order valence-corrected chi connectivity index (χ0v) is 11.3. The van der Waals surface area contributed by atoms with E-state index >= 15 is 0 Å². The van der Waals surface area contributed by atoms with Gasteiger partial charge in [0.2, 0.25) is 0 Å². The third kappa shape index (κ3) is 2.76. The van der Waals surface area contributed by atoms with Gasteiger partial charge >= 0.3 is 0 Å². The quantitative estimate of drug-likeness (QED) is 0.869. The number of nitrogens with one attached hydrogen (secondary N) is 1. The molecular weight excluding hydrogens is 210 g/mol. The summed E-state index contributed by atoms with van der Waals surface area (Å²) < 4.78 is 0. The summed E-state index contributed by atoms with van der Waals surface area (Å²) in [5.41, 5.74) is 1.11. The highest BCUT2D eigenvalue weighted by Crippen LogP contribution is 2.33. The summed E-state index contributed by atoms with van der Waals surface area (Å²) in [6.07, 6.45) is 4.24. The summed E-state index contributed by atoms with van der Waals surface area (Å²) in [5.74, 6) is 2.99. The molecule has 1 N–H and O–H groups in total. The average Bonchev–Trinajstić information content (AvgIpc) is 2.61. The molecule has 3 unspecified atom stereocenters. The molecular formula is C14H23N3. The number of aromatic nitrogens is 2. The average molecular weight is 233 g/mol. The fraction of sp³-hybridized carbons (Fsp3) is 0.714. The number of hydrogen-bond donors (Lipinski definition) is 1. The van der Waals surface area contributed by atoms with Crippen LogP contribution in [0.5, 0.6) is 0 Å². The molecule has 3 nitrogen and oxygen atoms in total. The standard InChI is InChI=1S/C14H23N3/c1-9(2)13-7-14(16-8-15-13)17-12-6-5-10(3)11(12)4/h7-12H,5-6H2,1-4H3,(H,15,16,17). The lowest BCUT2D eigenvalue weighted by atomic mass is 9.98. The molecule has 1 aliphatic rings. The molecule has 3 atom stereocenters. The lowest BCUT2D eigenvalue weighted by Crippen LogP contribution is -2.24. The second kappa shape index (κ2) is 5.03. The van der Waals surface area contributed by atoms with E-state index in [1.165, 1.54) is 12.8 Å². The maximum absolute atomic E-state index is 4.32. The summed E-state index contributed by atoms with van der Waals surface area (Å²) in [4.78, 5) is 8.62. The number of hydrogen-bond acceptors (Lipinski definition) is 3. The Morgan fingerprint density at radius 1 is 1.24 bits per heavy atom. The van der Waals surface area contributed by atoms with Crippen LogP contribution in [0.3, 0.4) is 0 Å². The van der Waals surface area contributed by atoms with Crippen LogP contribution in [0, 0.1) is 11.8 Å². The van der Waals surface area contributed by atoms with E-state index in [0.29, 0.717) is 12.0 Å². The molecule has 0 aromatic carbocycles. The molecule has 1 aromatic heterocycles. The van der Waals surface area contributed by atoms with Gasteiger partial charge in [0.15, 0.2) is 0 Å². The van der Waals surface area contributed by atoms with Crippen LogP contribution in [0.25, 0.3) is 0 Å². The van der Waals surface area contributed by atoms with Crippen LogP contribution >= 0.6 is 0 Å². The Bertz CT molecular complexity index is 375. The second-order valence-corrected chi connectivity index (χ2v) is 5.65.